The zero-order chi connectivity index (χ0) is 15.2. The Labute approximate surface area is 115 Å². The summed E-state index contributed by atoms with van der Waals surface area (Å²) < 4.78 is 46.9. The van der Waals surface area contributed by atoms with Crippen LogP contribution in [0.15, 0.2) is 6.20 Å². The van der Waals surface area contributed by atoms with Crippen molar-refractivity contribution >= 4 is 0 Å². The Morgan fingerprint density at radius 2 is 2.15 bits per heavy atom. The molecule has 0 fully saturated rings. The lowest BCUT2D eigenvalue weighted by Gasteiger charge is -2.15. The van der Waals surface area contributed by atoms with Crippen molar-refractivity contribution in [1.82, 2.24) is 9.78 Å². The molecule has 0 aliphatic carbocycles. The van der Waals surface area contributed by atoms with Gasteiger partial charge >= 0.3 is 6.18 Å². The lowest BCUT2D eigenvalue weighted by Crippen LogP contribution is -2.18. The lowest BCUT2D eigenvalue weighted by atomic mass is 10.2. The second-order valence-corrected chi connectivity index (χ2v) is 4.29. The van der Waals surface area contributed by atoms with Gasteiger partial charge < -0.3 is 14.6 Å². The molecule has 0 aliphatic heterocycles. The number of aliphatic hydroxyl groups excluding tert-OH is 1. The molecule has 1 rings (SSSR count). The SMILES string of the molecule is CCCn1ncc(OC)c1C(O)CCOCC(F)(F)F. The van der Waals surface area contributed by atoms with Crippen molar-refractivity contribution in [2.75, 3.05) is 20.3 Å². The zero-order valence-corrected chi connectivity index (χ0v) is 11.5. The molecule has 0 aromatic carbocycles. The summed E-state index contributed by atoms with van der Waals surface area (Å²) in [5, 5.41) is 14.1. The van der Waals surface area contributed by atoms with Crippen molar-refractivity contribution < 1.29 is 27.8 Å². The van der Waals surface area contributed by atoms with Crippen LogP contribution < -0.4 is 4.74 Å². The highest BCUT2D eigenvalue weighted by molar-refractivity contribution is 5.27. The molecule has 0 spiro atoms. The fourth-order valence-electron chi connectivity index (χ4n) is 1.78. The molecule has 0 aliphatic rings. The van der Waals surface area contributed by atoms with Crippen molar-refractivity contribution in [3.8, 4) is 5.75 Å². The van der Waals surface area contributed by atoms with Gasteiger partial charge in [-0.05, 0) is 6.42 Å². The minimum absolute atomic E-state index is 0.0435. The Morgan fingerprint density at radius 3 is 2.70 bits per heavy atom. The van der Waals surface area contributed by atoms with Crippen LogP contribution in [-0.4, -0.2) is 41.4 Å². The summed E-state index contributed by atoms with van der Waals surface area (Å²) in [5.41, 5.74) is 0.463. The van der Waals surface area contributed by atoms with Crippen LogP contribution in [0.25, 0.3) is 0 Å². The molecule has 0 bridgehead atoms. The van der Waals surface area contributed by atoms with Gasteiger partial charge in [-0.25, -0.2) is 0 Å². The molecule has 0 saturated carbocycles. The number of aromatic nitrogens is 2. The Morgan fingerprint density at radius 1 is 1.45 bits per heavy atom. The average molecular weight is 296 g/mol. The van der Waals surface area contributed by atoms with Crippen molar-refractivity contribution in [2.24, 2.45) is 0 Å². The molecule has 0 saturated heterocycles. The van der Waals surface area contributed by atoms with Gasteiger partial charge in [0.15, 0.2) is 5.75 Å². The molecule has 116 valence electrons. The standard InChI is InChI=1S/C12H19F3N2O3/c1-3-5-17-11(10(19-2)7-16-17)9(18)4-6-20-8-12(13,14)15/h7,9,18H,3-6,8H2,1-2H3. The Hall–Kier alpha value is -1.28. The minimum Gasteiger partial charge on any atom is -0.493 e. The fourth-order valence-corrected chi connectivity index (χ4v) is 1.78. The molecule has 1 atom stereocenters. The summed E-state index contributed by atoms with van der Waals surface area (Å²) in [6, 6.07) is 0. The van der Waals surface area contributed by atoms with E-state index in [4.69, 9.17) is 4.74 Å². The fraction of sp³-hybridized carbons (Fsp3) is 0.750. The number of ether oxygens (including phenoxy) is 2. The van der Waals surface area contributed by atoms with Gasteiger partial charge in [0.25, 0.3) is 0 Å². The smallest absolute Gasteiger partial charge is 0.411 e. The molecular formula is C12H19F3N2O3. The molecule has 1 N–H and O–H groups in total. The number of rotatable bonds is 8. The van der Waals surface area contributed by atoms with E-state index in [2.05, 4.69) is 9.84 Å². The van der Waals surface area contributed by atoms with Gasteiger partial charge in [-0.3, -0.25) is 4.68 Å². The number of nitrogens with zero attached hydrogens (tertiary/aromatic N) is 2. The molecule has 0 amide bonds. The maximum atomic E-state index is 11.9. The van der Waals surface area contributed by atoms with Crippen LogP contribution in [0.5, 0.6) is 5.75 Å². The van der Waals surface area contributed by atoms with Gasteiger partial charge in [-0.2, -0.15) is 18.3 Å². The van der Waals surface area contributed by atoms with Crippen LogP contribution in [0.4, 0.5) is 13.2 Å². The Kier molecular flexibility index (Phi) is 6.28. The van der Waals surface area contributed by atoms with Gasteiger partial charge in [-0.15, -0.1) is 0 Å². The van der Waals surface area contributed by atoms with Crippen molar-refractivity contribution in [2.45, 2.75) is 38.6 Å². The zero-order valence-electron chi connectivity index (χ0n) is 11.5. The summed E-state index contributed by atoms with van der Waals surface area (Å²) in [5.74, 6) is 0.418. The third kappa shape index (κ3) is 5.01. The Balaban J connectivity index is 2.57. The van der Waals surface area contributed by atoms with Crippen molar-refractivity contribution in [3.05, 3.63) is 11.9 Å². The van der Waals surface area contributed by atoms with Crippen LogP contribution >= 0.6 is 0 Å². The first kappa shape index (κ1) is 16.8. The monoisotopic (exact) mass is 296 g/mol. The van der Waals surface area contributed by atoms with Crippen LogP contribution in [0.3, 0.4) is 0 Å². The highest BCUT2D eigenvalue weighted by atomic mass is 19.4. The van der Waals surface area contributed by atoms with E-state index < -0.39 is 18.9 Å². The number of aryl methyl sites for hydroxylation is 1. The van der Waals surface area contributed by atoms with Gasteiger partial charge in [-0.1, -0.05) is 6.92 Å². The van der Waals surface area contributed by atoms with Crippen LogP contribution in [-0.2, 0) is 11.3 Å². The third-order valence-electron chi connectivity index (χ3n) is 2.62. The average Bonchev–Trinajstić information content (AvgIpc) is 2.76. The first-order valence-electron chi connectivity index (χ1n) is 6.31. The van der Waals surface area contributed by atoms with Crippen LogP contribution in [0.1, 0.15) is 31.6 Å². The quantitative estimate of drug-likeness (QED) is 0.748. The first-order valence-corrected chi connectivity index (χ1v) is 6.31. The van der Waals surface area contributed by atoms with E-state index in [-0.39, 0.29) is 13.0 Å². The Bertz CT molecular complexity index is 407. The number of hydrogen-bond donors (Lipinski definition) is 1. The molecule has 1 aromatic heterocycles. The molecule has 5 nitrogen and oxygen atoms in total. The van der Waals surface area contributed by atoms with Gasteiger partial charge in [0.2, 0.25) is 0 Å². The number of aliphatic hydroxyl groups is 1. The minimum atomic E-state index is -4.35. The van der Waals surface area contributed by atoms with E-state index in [1.165, 1.54) is 13.3 Å². The molecule has 1 heterocycles. The normalized spacial score (nSPS) is 13.5. The number of halogens is 3. The number of hydrogen-bond acceptors (Lipinski definition) is 4. The number of alkyl halides is 3. The third-order valence-corrected chi connectivity index (χ3v) is 2.62. The van der Waals surface area contributed by atoms with Gasteiger partial charge in [0, 0.05) is 19.6 Å². The maximum absolute atomic E-state index is 11.9. The highest BCUT2D eigenvalue weighted by Crippen LogP contribution is 2.27. The maximum Gasteiger partial charge on any atom is 0.411 e. The second kappa shape index (κ2) is 7.49. The summed E-state index contributed by atoms with van der Waals surface area (Å²) in [6.45, 7) is 1.04. The van der Waals surface area contributed by atoms with E-state index in [1.54, 1.807) is 4.68 Å². The summed E-state index contributed by atoms with van der Waals surface area (Å²) in [6.07, 6.45) is -3.00. The van der Waals surface area contributed by atoms with E-state index in [1.807, 2.05) is 6.92 Å². The predicted molar refractivity (Wildman–Crippen MR) is 65.5 cm³/mol. The molecule has 1 unspecified atom stereocenters. The van der Waals surface area contributed by atoms with E-state index in [0.29, 0.717) is 18.0 Å². The molecule has 20 heavy (non-hydrogen) atoms. The first-order chi connectivity index (χ1) is 9.39. The second-order valence-electron chi connectivity index (χ2n) is 4.29. The lowest BCUT2D eigenvalue weighted by molar-refractivity contribution is -0.175. The number of methoxy groups -OCH3 is 1. The molecule has 8 heteroatoms. The van der Waals surface area contributed by atoms with Crippen molar-refractivity contribution in [1.29, 1.82) is 0 Å². The molecule has 1 aromatic rings. The van der Waals surface area contributed by atoms with E-state index in [0.717, 1.165) is 6.42 Å². The highest BCUT2D eigenvalue weighted by Gasteiger charge is 2.27. The molecular weight excluding hydrogens is 277 g/mol. The van der Waals surface area contributed by atoms with Crippen molar-refractivity contribution in [3.63, 3.8) is 0 Å². The largest absolute Gasteiger partial charge is 0.493 e. The topological polar surface area (TPSA) is 56.5 Å². The van der Waals surface area contributed by atoms with Gasteiger partial charge in [0.1, 0.15) is 18.4 Å². The van der Waals surface area contributed by atoms with Crippen LogP contribution in [0.2, 0.25) is 0 Å². The van der Waals surface area contributed by atoms with E-state index in [9.17, 15) is 18.3 Å². The summed E-state index contributed by atoms with van der Waals surface area (Å²) >= 11 is 0. The van der Waals surface area contributed by atoms with Crippen LogP contribution in [0, 0.1) is 0 Å². The predicted octanol–water partition coefficient (Wildman–Crippen LogP) is 2.30. The van der Waals surface area contributed by atoms with Gasteiger partial charge in [0.05, 0.1) is 13.3 Å². The summed E-state index contributed by atoms with van der Waals surface area (Å²) in [4.78, 5) is 0. The molecule has 0 radical (unpaired) electrons. The van der Waals surface area contributed by atoms with E-state index >= 15 is 0 Å². The summed E-state index contributed by atoms with van der Waals surface area (Å²) in [7, 11) is 1.45.